The lowest BCUT2D eigenvalue weighted by atomic mass is 10.1. The third kappa shape index (κ3) is 4.67. The Bertz CT molecular complexity index is 585. The van der Waals surface area contributed by atoms with Gasteiger partial charge in [0.25, 0.3) is 0 Å². The van der Waals surface area contributed by atoms with Gasteiger partial charge in [-0.2, -0.15) is 0 Å². The molecular weight excluding hydrogens is 344 g/mol. The van der Waals surface area contributed by atoms with Crippen molar-refractivity contribution in [3.8, 4) is 17.2 Å². The molecule has 0 heterocycles. The quantitative estimate of drug-likeness (QED) is 0.652. The molecule has 0 aliphatic heterocycles. The van der Waals surface area contributed by atoms with Crippen LogP contribution in [-0.4, -0.2) is 20.3 Å². The Hall–Kier alpha value is -1.68. The number of hydrogen-bond donors (Lipinski definition) is 0. The van der Waals surface area contributed by atoms with Crippen molar-refractivity contribution in [1.82, 2.24) is 0 Å². The average Bonchev–Trinajstić information content (AvgIpc) is 2.49. The molecule has 2 aromatic carbocycles. The first-order chi connectivity index (χ1) is 10.6. The SMILES string of the molecule is COc1ccc(OCCCOc2c(C)cc(C)cc2Br)cc1. The van der Waals surface area contributed by atoms with Gasteiger partial charge < -0.3 is 14.2 Å². The fraction of sp³-hybridized carbons (Fsp3) is 0.333. The molecule has 0 aliphatic rings. The van der Waals surface area contributed by atoms with E-state index in [0.717, 1.165) is 33.7 Å². The lowest BCUT2D eigenvalue weighted by molar-refractivity contribution is 0.245. The topological polar surface area (TPSA) is 27.7 Å². The molecule has 22 heavy (non-hydrogen) atoms. The number of benzene rings is 2. The van der Waals surface area contributed by atoms with Crippen molar-refractivity contribution in [2.24, 2.45) is 0 Å². The van der Waals surface area contributed by atoms with Crippen molar-refractivity contribution in [3.05, 3.63) is 52.0 Å². The van der Waals surface area contributed by atoms with Gasteiger partial charge in [0.05, 0.1) is 24.8 Å². The minimum Gasteiger partial charge on any atom is -0.497 e. The highest BCUT2D eigenvalue weighted by atomic mass is 79.9. The van der Waals surface area contributed by atoms with Gasteiger partial charge in [-0.25, -0.2) is 0 Å². The lowest BCUT2D eigenvalue weighted by Gasteiger charge is -2.12. The minimum absolute atomic E-state index is 0.620. The summed E-state index contributed by atoms with van der Waals surface area (Å²) >= 11 is 3.55. The van der Waals surface area contributed by atoms with Gasteiger partial charge in [-0.05, 0) is 71.2 Å². The molecule has 0 spiro atoms. The second kappa shape index (κ2) is 8.08. The summed E-state index contributed by atoms with van der Waals surface area (Å²) in [4.78, 5) is 0. The molecule has 0 aromatic heterocycles. The van der Waals surface area contributed by atoms with E-state index in [1.807, 2.05) is 24.3 Å². The van der Waals surface area contributed by atoms with Crippen LogP contribution in [0.3, 0.4) is 0 Å². The third-order valence-corrected chi connectivity index (χ3v) is 3.83. The first-order valence-corrected chi connectivity index (χ1v) is 8.06. The van der Waals surface area contributed by atoms with Gasteiger partial charge in [-0.1, -0.05) is 6.07 Å². The number of rotatable bonds is 7. The average molecular weight is 365 g/mol. The molecule has 2 aromatic rings. The highest BCUT2D eigenvalue weighted by Crippen LogP contribution is 2.30. The normalized spacial score (nSPS) is 10.4. The molecule has 0 fully saturated rings. The van der Waals surface area contributed by atoms with Gasteiger partial charge >= 0.3 is 0 Å². The van der Waals surface area contributed by atoms with Crippen LogP contribution >= 0.6 is 15.9 Å². The standard InChI is InChI=1S/C18H21BrO3/c1-13-11-14(2)18(17(19)12-13)22-10-4-9-21-16-7-5-15(20-3)6-8-16/h5-8,11-12H,4,9-10H2,1-3H3. The van der Waals surface area contributed by atoms with E-state index in [1.54, 1.807) is 7.11 Å². The van der Waals surface area contributed by atoms with E-state index in [0.29, 0.717) is 13.2 Å². The molecular formula is C18H21BrO3. The Morgan fingerprint density at radius 3 is 2.18 bits per heavy atom. The largest absolute Gasteiger partial charge is 0.497 e. The summed E-state index contributed by atoms with van der Waals surface area (Å²) in [6, 6.07) is 11.8. The number of methoxy groups -OCH3 is 1. The fourth-order valence-electron chi connectivity index (χ4n) is 2.18. The van der Waals surface area contributed by atoms with E-state index in [-0.39, 0.29) is 0 Å². The molecule has 0 atom stereocenters. The highest BCUT2D eigenvalue weighted by molar-refractivity contribution is 9.10. The molecule has 0 saturated heterocycles. The molecule has 4 heteroatoms. The molecule has 0 radical (unpaired) electrons. The summed E-state index contributed by atoms with van der Waals surface area (Å²) in [6.45, 7) is 5.37. The number of ether oxygens (including phenoxy) is 3. The molecule has 0 unspecified atom stereocenters. The molecule has 0 bridgehead atoms. The van der Waals surface area contributed by atoms with Crippen LogP contribution in [0.5, 0.6) is 17.2 Å². The van der Waals surface area contributed by atoms with E-state index < -0.39 is 0 Å². The maximum absolute atomic E-state index is 5.85. The maximum Gasteiger partial charge on any atom is 0.136 e. The van der Waals surface area contributed by atoms with Gasteiger partial charge in [-0.3, -0.25) is 0 Å². The van der Waals surface area contributed by atoms with Crippen molar-refractivity contribution >= 4 is 15.9 Å². The molecule has 3 nitrogen and oxygen atoms in total. The Labute approximate surface area is 140 Å². The Balaban J connectivity index is 1.75. The van der Waals surface area contributed by atoms with Gasteiger partial charge in [0.2, 0.25) is 0 Å². The van der Waals surface area contributed by atoms with Gasteiger partial charge in [0, 0.05) is 6.42 Å². The molecule has 0 N–H and O–H groups in total. The van der Waals surface area contributed by atoms with Crippen LogP contribution in [0.15, 0.2) is 40.9 Å². The van der Waals surface area contributed by atoms with Crippen molar-refractivity contribution in [2.45, 2.75) is 20.3 Å². The lowest BCUT2D eigenvalue weighted by Crippen LogP contribution is -2.06. The van der Waals surface area contributed by atoms with Crippen LogP contribution in [0.25, 0.3) is 0 Å². The second-order valence-electron chi connectivity index (χ2n) is 5.12. The minimum atomic E-state index is 0.620. The monoisotopic (exact) mass is 364 g/mol. The molecule has 0 saturated carbocycles. The third-order valence-electron chi connectivity index (χ3n) is 3.24. The summed E-state index contributed by atoms with van der Waals surface area (Å²) in [5.74, 6) is 2.58. The van der Waals surface area contributed by atoms with Crippen molar-refractivity contribution in [2.75, 3.05) is 20.3 Å². The zero-order valence-electron chi connectivity index (χ0n) is 13.2. The van der Waals surface area contributed by atoms with Crippen LogP contribution in [0.2, 0.25) is 0 Å². The number of halogens is 1. The Kier molecular flexibility index (Phi) is 6.13. The summed E-state index contributed by atoms with van der Waals surface area (Å²) < 4.78 is 17.6. The van der Waals surface area contributed by atoms with E-state index in [2.05, 4.69) is 41.9 Å². The number of aryl methyl sites for hydroxylation is 2. The second-order valence-corrected chi connectivity index (χ2v) is 5.97. The highest BCUT2D eigenvalue weighted by Gasteiger charge is 2.06. The molecule has 0 aliphatic carbocycles. The summed E-state index contributed by atoms with van der Waals surface area (Å²) in [5, 5.41) is 0. The Morgan fingerprint density at radius 2 is 1.55 bits per heavy atom. The summed E-state index contributed by atoms with van der Waals surface area (Å²) in [6.07, 6.45) is 0.825. The van der Waals surface area contributed by atoms with Gasteiger partial charge in [0.15, 0.2) is 0 Å². The van der Waals surface area contributed by atoms with Crippen LogP contribution in [0.4, 0.5) is 0 Å². The van der Waals surface area contributed by atoms with E-state index in [4.69, 9.17) is 14.2 Å². The van der Waals surface area contributed by atoms with Crippen molar-refractivity contribution < 1.29 is 14.2 Å². The van der Waals surface area contributed by atoms with Crippen molar-refractivity contribution in [3.63, 3.8) is 0 Å². The Morgan fingerprint density at radius 1 is 0.909 bits per heavy atom. The first-order valence-electron chi connectivity index (χ1n) is 7.26. The summed E-state index contributed by atoms with van der Waals surface area (Å²) in [5.41, 5.74) is 2.36. The smallest absolute Gasteiger partial charge is 0.136 e. The maximum atomic E-state index is 5.85. The van der Waals surface area contributed by atoms with Crippen LogP contribution in [-0.2, 0) is 0 Å². The van der Waals surface area contributed by atoms with E-state index in [1.165, 1.54) is 5.56 Å². The zero-order chi connectivity index (χ0) is 15.9. The fourth-order valence-corrected chi connectivity index (χ4v) is 2.97. The van der Waals surface area contributed by atoms with Crippen LogP contribution in [0.1, 0.15) is 17.5 Å². The van der Waals surface area contributed by atoms with E-state index in [9.17, 15) is 0 Å². The van der Waals surface area contributed by atoms with Gasteiger partial charge in [-0.15, -0.1) is 0 Å². The van der Waals surface area contributed by atoms with Crippen molar-refractivity contribution in [1.29, 1.82) is 0 Å². The predicted molar refractivity (Wildman–Crippen MR) is 92.2 cm³/mol. The molecule has 2 rings (SSSR count). The number of hydrogen-bond acceptors (Lipinski definition) is 3. The summed E-state index contributed by atoms with van der Waals surface area (Å²) in [7, 11) is 1.65. The zero-order valence-corrected chi connectivity index (χ0v) is 14.8. The first kappa shape index (κ1) is 16.7. The predicted octanol–water partition coefficient (Wildman–Crippen LogP) is 4.92. The molecule has 118 valence electrons. The van der Waals surface area contributed by atoms with Crippen LogP contribution in [0, 0.1) is 13.8 Å². The van der Waals surface area contributed by atoms with Crippen LogP contribution < -0.4 is 14.2 Å². The van der Waals surface area contributed by atoms with E-state index >= 15 is 0 Å². The van der Waals surface area contributed by atoms with Gasteiger partial charge in [0.1, 0.15) is 17.2 Å². The molecule has 0 amide bonds.